The molecule has 0 saturated carbocycles. The first-order chi connectivity index (χ1) is 9.62. The normalized spacial score (nSPS) is 11.8. The van der Waals surface area contributed by atoms with Crippen molar-refractivity contribution >= 4 is 11.5 Å². The van der Waals surface area contributed by atoms with Crippen molar-refractivity contribution in [3.63, 3.8) is 0 Å². The minimum absolute atomic E-state index is 0.0734. The van der Waals surface area contributed by atoms with Gasteiger partial charge in [-0.1, -0.05) is 0 Å². The Labute approximate surface area is 122 Å². The Balaban J connectivity index is 2.97. The average molecular weight is 303 g/mol. The molecule has 0 atom stereocenters. The molecule has 21 heavy (non-hydrogen) atoms. The lowest BCUT2D eigenvalue weighted by molar-refractivity contribution is -0.137. The van der Waals surface area contributed by atoms with Crippen LogP contribution in [0, 0.1) is 5.41 Å². The second kappa shape index (κ2) is 6.80. The summed E-state index contributed by atoms with van der Waals surface area (Å²) in [6.07, 6.45) is -4.48. The van der Waals surface area contributed by atoms with Crippen molar-refractivity contribution in [3.8, 4) is 0 Å². The van der Waals surface area contributed by atoms with E-state index >= 15 is 0 Å². The van der Waals surface area contributed by atoms with Crippen molar-refractivity contribution in [1.29, 1.82) is 5.41 Å². The number of nitrogens with two attached hydrogens (primary N) is 1. The zero-order valence-corrected chi connectivity index (χ0v) is 12.3. The van der Waals surface area contributed by atoms with E-state index in [1.165, 1.54) is 12.1 Å². The lowest BCUT2D eigenvalue weighted by Gasteiger charge is -2.22. The largest absolute Gasteiger partial charge is 0.417 e. The molecule has 0 heterocycles. The SMILES string of the molecule is CC(C)OCCN(C)c1ccc(C(=N)N)c(C(F)(F)F)c1. The van der Waals surface area contributed by atoms with Gasteiger partial charge in [0.2, 0.25) is 0 Å². The van der Waals surface area contributed by atoms with Gasteiger partial charge in [0, 0.05) is 24.8 Å². The third-order valence-corrected chi connectivity index (χ3v) is 2.92. The van der Waals surface area contributed by atoms with Crippen LogP contribution in [0.1, 0.15) is 25.0 Å². The molecule has 7 heteroatoms. The number of amidine groups is 1. The molecule has 0 amide bonds. The quantitative estimate of drug-likeness (QED) is 0.627. The number of rotatable bonds is 6. The fourth-order valence-electron chi connectivity index (χ4n) is 1.79. The van der Waals surface area contributed by atoms with Crippen LogP contribution in [0.5, 0.6) is 0 Å². The molecule has 0 saturated heterocycles. The Morgan fingerprint density at radius 3 is 2.48 bits per heavy atom. The molecule has 0 unspecified atom stereocenters. The van der Waals surface area contributed by atoms with Crippen LogP contribution < -0.4 is 10.6 Å². The lowest BCUT2D eigenvalue weighted by atomic mass is 10.0. The van der Waals surface area contributed by atoms with Gasteiger partial charge in [-0.25, -0.2) is 0 Å². The number of nitrogens with zero attached hydrogens (tertiary/aromatic N) is 1. The summed E-state index contributed by atoms with van der Waals surface area (Å²) in [5, 5.41) is 7.24. The highest BCUT2D eigenvalue weighted by molar-refractivity contribution is 5.97. The molecular weight excluding hydrogens is 283 g/mol. The van der Waals surface area contributed by atoms with Crippen molar-refractivity contribution in [2.24, 2.45) is 5.73 Å². The van der Waals surface area contributed by atoms with E-state index in [4.69, 9.17) is 15.9 Å². The molecule has 0 fully saturated rings. The van der Waals surface area contributed by atoms with Gasteiger partial charge in [0.05, 0.1) is 18.3 Å². The van der Waals surface area contributed by atoms with Crippen LogP contribution in [0.15, 0.2) is 18.2 Å². The highest BCUT2D eigenvalue weighted by atomic mass is 19.4. The molecule has 0 aliphatic heterocycles. The smallest absolute Gasteiger partial charge is 0.384 e. The summed E-state index contributed by atoms with van der Waals surface area (Å²) < 4.78 is 44.4. The molecule has 0 bridgehead atoms. The van der Waals surface area contributed by atoms with Gasteiger partial charge >= 0.3 is 6.18 Å². The summed E-state index contributed by atoms with van der Waals surface area (Å²) in [6.45, 7) is 4.67. The van der Waals surface area contributed by atoms with Crippen molar-refractivity contribution < 1.29 is 17.9 Å². The van der Waals surface area contributed by atoms with E-state index in [1.807, 2.05) is 13.8 Å². The highest BCUT2D eigenvalue weighted by Crippen LogP contribution is 2.34. The van der Waals surface area contributed by atoms with Crippen molar-refractivity contribution in [2.75, 3.05) is 25.1 Å². The molecule has 4 nitrogen and oxygen atoms in total. The van der Waals surface area contributed by atoms with E-state index < -0.39 is 17.6 Å². The number of hydrogen-bond donors (Lipinski definition) is 2. The number of likely N-dealkylation sites (N-methyl/N-ethyl adjacent to an activating group) is 1. The minimum atomic E-state index is -4.55. The van der Waals surface area contributed by atoms with Gasteiger partial charge in [-0.2, -0.15) is 13.2 Å². The van der Waals surface area contributed by atoms with Gasteiger partial charge in [0.1, 0.15) is 5.84 Å². The highest BCUT2D eigenvalue weighted by Gasteiger charge is 2.34. The van der Waals surface area contributed by atoms with Crippen LogP contribution in [0.25, 0.3) is 0 Å². The molecule has 0 radical (unpaired) electrons. The molecule has 1 rings (SSSR count). The number of hydrogen-bond acceptors (Lipinski definition) is 3. The Morgan fingerprint density at radius 1 is 1.38 bits per heavy atom. The predicted octanol–water partition coefficient (Wildman–Crippen LogP) is 2.85. The van der Waals surface area contributed by atoms with E-state index in [9.17, 15) is 13.2 Å². The van der Waals surface area contributed by atoms with Crippen LogP contribution in [0.4, 0.5) is 18.9 Å². The Kier molecular flexibility index (Phi) is 5.60. The summed E-state index contributed by atoms with van der Waals surface area (Å²) >= 11 is 0. The van der Waals surface area contributed by atoms with Crippen LogP contribution in [0.2, 0.25) is 0 Å². The maximum absolute atomic E-state index is 13.0. The molecule has 0 aliphatic rings. The van der Waals surface area contributed by atoms with E-state index in [-0.39, 0.29) is 11.7 Å². The number of halogens is 3. The van der Waals surface area contributed by atoms with Crippen LogP contribution in [0.3, 0.4) is 0 Å². The van der Waals surface area contributed by atoms with Gasteiger partial charge < -0.3 is 15.4 Å². The lowest BCUT2D eigenvalue weighted by Crippen LogP contribution is -2.25. The van der Waals surface area contributed by atoms with Gasteiger partial charge in [-0.15, -0.1) is 0 Å². The standard InChI is InChI=1S/C14H20F3N3O/c1-9(2)21-7-6-20(3)10-4-5-11(13(18)19)12(8-10)14(15,16)17/h4-5,8-9H,6-7H2,1-3H3,(H3,18,19). The summed E-state index contributed by atoms with van der Waals surface area (Å²) in [7, 11) is 1.69. The second-order valence-corrected chi connectivity index (χ2v) is 4.98. The summed E-state index contributed by atoms with van der Waals surface area (Å²) in [5.41, 5.74) is 4.40. The van der Waals surface area contributed by atoms with Crippen molar-refractivity contribution in [2.45, 2.75) is 26.1 Å². The number of nitrogens with one attached hydrogen (secondary N) is 1. The summed E-state index contributed by atoms with van der Waals surface area (Å²) in [4.78, 5) is 1.67. The predicted molar refractivity (Wildman–Crippen MR) is 76.8 cm³/mol. The van der Waals surface area contributed by atoms with E-state index in [0.717, 1.165) is 6.07 Å². The Hall–Kier alpha value is -1.76. The van der Waals surface area contributed by atoms with Crippen LogP contribution in [-0.4, -0.2) is 32.1 Å². The fraction of sp³-hybridized carbons (Fsp3) is 0.500. The van der Waals surface area contributed by atoms with Gasteiger partial charge in [-0.3, -0.25) is 5.41 Å². The monoisotopic (exact) mass is 303 g/mol. The second-order valence-electron chi connectivity index (χ2n) is 4.98. The molecule has 1 aromatic carbocycles. The van der Waals surface area contributed by atoms with Crippen LogP contribution in [-0.2, 0) is 10.9 Å². The maximum Gasteiger partial charge on any atom is 0.417 e. The Morgan fingerprint density at radius 2 is 2.00 bits per heavy atom. The van der Waals surface area contributed by atoms with Crippen LogP contribution >= 0.6 is 0 Å². The van der Waals surface area contributed by atoms with Gasteiger partial charge in [-0.05, 0) is 32.0 Å². The third kappa shape index (κ3) is 4.93. The van der Waals surface area contributed by atoms with E-state index in [1.54, 1.807) is 11.9 Å². The first-order valence-corrected chi connectivity index (χ1v) is 6.51. The molecule has 1 aromatic rings. The first kappa shape index (κ1) is 17.3. The van der Waals surface area contributed by atoms with E-state index in [2.05, 4.69) is 0 Å². The van der Waals surface area contributed by atoms with E-state index in [0.29, 0.717) is 18.8 Å². The topological polar surface area (TPSA) is 62.3 Å². The average Bonchev–Trinajstić information content (AvgIpc) is 2.36. The number of nitrogen functional groups attached to an aromatic ring is 1. The summed E-state index contributed by atoms with van der Waals surface area (Å²) in [5.74, 6) is -0.598. The molecule has 118 valence electrons. The zero-order chi connectivity index (χ0) is 16.2. The first-order valence-electron chi connectivity index (χ1n) is 6.51. The molecular formula is C14H20F3N3O. The summed E-state index contributed by atoms with van der Waals surface area (Å²) in [6, 6.07) is 3.74. The number of alkyl halides is 3. The minimum Gasteiger partial charge on any atom is -0.384 e. The number of ether oxygens (including phenoxy) is 1. The molecule has 0 aliphatic carbocycles. The van der Waals surface area contributed by atoms with Gasteiger partial charge in [0.25, 0.3) is 0 Å². The molecule has 0 spiro atoms. The fourth-order valence-corrected chi connectivity index (χ4v) is 1.79. The third-order valence-electron chi connectivity index (χ3n) is 2.92. The molecule has 0 aromatic heterocycles. The maximum atomic E-state index is 13.0. The Bertz CT molecular complexity index is 501. The number of benzene rings is 1. The van der Waals surface area contributed by atoms with Gasteiger partial charge in [0.15, 0.2) is 0 Å². The van der Waals surface area contributed by atoms with Crippen molar-refractivity contribution in [3.05, 3.63) is 29.3 Å². The molecule has 3 N–H and O–H groups in total. The zero-order valence-electron chi connectivity index (χ0n) is 12.3. The van der Waals surface area contributed by atoms with Crippen molar-refractivity contribution in [1.82, 2.24) is 0 Å². The number of anilines is 1.